The molecule has 1 rings (SSSR count). The average Bonchev–Trinajstić information content (AvgIpc) is 2.08. The van der Waals surface area contributed by atoms with Gasteiger partial charge in [-0.25, -0.2) is 0 Å². The van der Waals surface area contributed by atoms with Gasteiger partial charge in [-0.1, -0.05) is 0 Å². The lowest BCUT2D eigenvalue weighted by molar-refractivity contribution is -0.144. The van der Waals surface area contributed by atoms with E-state index in [9.17, 15) is 9.90 Å². The summed E-state index contributed by atoms with van der Waals surface area (Å²) in [6, 6.07) is 0. The SMILES string of the molecule is O=C(O)CC1(O)CCN(CCO)CC1. The average molecular weight is 203 g/mol. The van der Waals surface area contributed by atoms with Crippen LogP contribution in [0.1, 0.15) is 19.3 Å². The zero-order chi connectivity index (χ0) is 10.6. The van der Waals surface area contributed by atoms with E-state index in [0.717, 1.165) is 0 Å². The van der Waals surface area contributed by atoms with E-state index in [1.54, 1.807) is 0 Å². The number of hydrogen-bond donors (Lipinski definition) is 3. The first-order chi connectivity index (χ1) is 6.56. The Morgan fingerprint density at radius 1 is 1.36 bits per heavy atom. The van der Waals surface area contributed by atoms with Crippen LogP contribution < -0.4 is 0 Å². The highest BCUT2D eigenvalue weighted by molar-refractivity contribution is 5.68. The van der Waals surface area contributed by atoms with Crippen LogP contribution in [0, 0.1) is 0 Å². The maximum atomic E-state index is 10.5. The summed E-state index contributed by atoms with van der Waals surface area (Å²) in [5.41, 5.74) is -1.04. The van der Waals surface area contributed by atoms with Gasteiger partial charge in [0.15, 0.2) is 0 Å². The van der Waals surface area contributed by atoms with E-state index >= 15 is 0 Å². The van der Waals surface area contributed by atoms with Gasteiger partial charge in [-0.2, -0.15) is 0 Å². The Labute approximate surface area is 83.0 Å². The maximum Gasteiger partial charge on any atom is 0.306 e. The minimum absolute atomic E-state index is 0.108. The molecule has 0 amide bonds. The highest BCUT2D eigenvalue weighted by Crippen LogP contribution is 2.25. The molecule has 0 saturated carbocycles. The minimum Gasteiger partial charge on any atom is -0.481 e. The van der Waals surface area contributed by atoms with Gasteiger partial charge in [0, 0.05) is 19.6 Å². The summed E-state index contributed by atoms with van der Waals surface area (Å²) in [6.45, 7) is 2.02. The zero-order valence-corrected chi connectivity index (χ0v) is 8.15. The summed E-state index contributed by atoms with van der Waals surface area (Å²) in [7, 11) is 0. The number of carbonyl (C=O) groups is 1. The van der Waals surface area contributed by atoms with E-state index in [1.807, 2.05) is 4.90 Å². The van der Waals surface area contributed by atoms with Gasteiger partial charge in [-0.15, -0.1) is 0 Å². The van der Waals surface area contributed by atoms with E-state index in [1.165, 1.54) is 0 Å². The number of likely N-dealkylation sites (tertiary alicyclic amines) is 1. The van der Waals surface area contributed by atoms with Crippen molar-refractivity contribution in [2.45, 2.75) is 24.9 Å². The van der Waals surface area contributed by atoms with Gasteiger partial charge < -0.3 is 20.2 Å². The third kappa shape index (κ3) is 3.25. The highest BCUT2D eigenvalue weighted by atomic mass is 16.4. The van der Waals surface area contributed by atoms with Gasteiger partial charge in [-0.3, -0.25) is 4.79 Å². The van der Waals surface area contributed by atoms with Gasteiger partial charge in [0.25, 0.3) is 0 Å². The molecule has 1 aliphatic heterocycles. The Hall–Kier alpha value is -0.650. The van der Waals surface area contributed by atoms with Gasteiger partial charge in [0.1, 0.15) is 0 Å². The van der Waals surface area contributed by atoms with Crippen LogP contribution in [0.3, 0.4) is 0 Å². The second-order valence-electron chi connectivity index (χ2n) is 3.86. The van der Waals surface area contributed by atoms with Crippen molar-refractivity contribution >= 4 is 5.97 Å². The molecule has 0 aliphatic carbocycles. The van der Waals surface area contributed by atoms with Crippen molar-refractivity contribution in [2.24, 2.45) is 0 Å². The van der Waals surface area contributed by atoms with Crippen molar-refractivity contribution in [1.82, 2.24) is 4.90 Å². The molecule has 0 atom stereocenters. The normalized spacial score (nSPS) is 22.1. The fourth-order valence-corrected chi connectivity index (χ4v) is 1.79. The topological polar surface area (TPSA) is 81.0 Å². The lowest BCUT2D eigenvalue weighted by atomic mass is 9.88. The van der Waals surface area contributed by atoms with E-state index < -0.39 is 11.6 Å². The van der Waals surface area contributed by atoms with E-state index in [0.29, 0.717) is 32.5 Å². The molecular formula is C9H17NO4. The number of piperidine rings is 1. The number of aliphatic hydroxyl groups excluding tert-OH is 1. The van der Waals surface area contributed by atoms with Crippen molar-refractivity contribution in [1.29, 1.82) is 0 Å². The van der Waals surface area contributed by atoms with Crippen LogP contribution in [-0.2, 0) is 4.79 Å². The third-order valence-corrected chi connectivity index (χ3v) is 2.68. The number of nitrogens with zero attached hydrogens (tertiary/aromatic N) is 1. The summed E-state index contributed by atoms with van der Waals surface area (Å²) in [5, 5.41) is 27.1. The van der Waals surface area contributed by atoms with Crippen molar-refractivity contribution in [3.8, 4) is 0 Å². The molecule has 14 heavy (non-hydrogen) atoms. The summed E-state index contributed by atoms with van der Waals surface area (Å²) in [4.78, 5) is 12.5. The van der Waals surface area contributed by atoms with Crippen molar-refractivity contribution in [2.75, 3.05) is 26.2 Å². The van der Waals surface area contributed by atoms with Gasteiger partial charge in [-0.05, 0) is 12.8 Å². The zero-order valence-electron chi connectivity index (χ0n) is 8.15. The molecule has 3 N–H and O–H groups in total. The molecule has 0 aromatic carbocycles. The van der Waals surface area contributed by atoms with Crippen molar-refractivity contribution in [3.05, 3.63) is 0 Å². The van der Waals surface area contributed by atoms with Crippen molar-refractivity contribution in [3.63, 3.8) is 0 Å². The van der Waals surface area contributed by atoms with Gasteiger partial charge in [0.05, 0.1) is 18.6 Å². The second-order valence-corrected chi connectivity index (χ2v) is 3.86. The lowest BCUT2D eigenvalue weighted by Gasteiger charge is -2.37. The summed E-state index contributed by atoms with van der Waals surface area (Å²) in [6.07, 6.45) is 0.762. The monoisotopic (exact) mass is 203 g/mol. The maximum absolute atomic E-state index is 10.5. The molecule has 0 bridgehead atoms. The standard InChI is InChI=1S/C9H17NO4/c11-6-5-10-3-1-9(14,2-4-10)7-8(12)13/h11,14H,1-7H2,(H,12,13). The first-order valence-electron chi connectivity index (χ1n) is 4.83. The minimum atomic E-state index is -1.04. The quantitative estimate of drug-likeness (QED) is 0.562. The Morgan fingerprint density at radius 2 is 1.93 bits per heavy atom. The van der Waals surface area contributed by atoms with Gasteiger partial charge >= 0.3 is 5.97 Å². The smallest absolute Gasteiger partial charge is 0.306 e. The summed E-state index contributed by atoms with van der Waals surface area (Å²) in [5.74, 6) is -0.955. The predicted molar refractivity (Wildman–Crippen MR) is 50.0 cm³/mol. The first kappa shape index (κ1) is 11.4. The number of carboxylic acid groups (broad SMARTS) is 1. The molecule has 1 saturated heterocycles. The van der Waals surface area contributed by atoms with Crippen LogP contribution >= 0.6 is 0 Å². The molecule has 5 nitrogen and oxygen atoms in total. The second kappa shape index (κ2) is 4.72. The molecule has 1 heterocycles. The third-order valence-electron chi connectivity index (χ3n) is 2.68. The lowest BCUT2D eigenvalue weighted by Crippen LogP contribution is -2.46. The molecule has 1 fully saturated rings. The predicted octanol–water partition coefficient (Wildman–Crippen LogP) is -0.720. The Bertz CT molecular complexity index is 199. The van der Waals surface area contributed by atoms with Crippen molar-refractivity contribution < 1.29 is 20.1 Å². The highest BCUT2D eigenvalue weighted by Gasteiger charge is 2.33. The molecule has 82 valence electrons. The number of β-amino-alcohol motifs (C(OH)–C–C–N with tert-alkyl or cyclic N) is 1. The number of carboxylic acids is 1. The Morgan fingerprint density at radius 3 is 2.36 bits per heavy atom. The fourth-order valence-electron chi connectivity index (χ4n) is 1.79. The fraction of sp³-hybridized carbons (Fsp3) is 0.889. The van der Waals surface area contributed by atoms with Crippen LogP contribution in [0.4, 0.5) is 0 Å². The molecule has 5 heteroatoms. The first-order valence-corrected chi connectivity index (χ1v) is 4.83. The molecule has 0 unspecified atom stereocenters. The van der Waals surface area contributed by atoms with Gasteiger partial charge in [0.2, 0.25) is 0 Å². The number of hydrogen-bond acceptors (Lipinski definition) is 4. The molecule has 0 spiro atoms. The number of rotatable bonds is 4. The van der Waals surface area contributed by atoms with E-state index in [4.69, 9.17) is 10.2 Å². The number of aliphatic carboxylic acids is 1. The Kier molecular flexibility index (Phi) is 3.86. The molecular weight excluding hydrogens is 186 g/mol. The molecule has 0 radical (unpaired) electrons. The molecule has 0 aromatic heterocycles. The molecule has 0 aromatic rings. The van der Waals surface area contributed by atoms with Crippen LogP contribution in [0.15, 0.2) is 0 Å². The summed E-state index contributed by atoms with van der Waals surface area (Å²) < 4.78 is 0. The van der Waals surface area contributed by atoms with Crippen LogP contribution in [0.2, 0.25) is 0 Å². The summed E-state index contributed by atoms with van der Waals surface area (Å²) >= 11 is 0. The van der Waals surface area contributed by atoms with E-state index in [2.05, 4.69) is 0 Å². The number of aliphatic hydroxyl groups is 2. The largest absolute Gasteiger partial charge is 0.481 e. The van der Waals surface area contributed by atoms with Crippen LogP contribution in [0.5, 0.6) is 0 Å². The van der Waals surface area contributed by atoms with Crippen LogP contribution in [-0.4, -0.2) is 58.0 Å². The van der Waals surface area contributed by atoms with E-state index in [-0.39, 0.29) is 13.0 Å². The van der Waals surface area contributed by atoms with Crippen LogP contribution in [0.25, 0.3) is 0 Å². The molecule has 1 aliphatic rings. The Balaban J connectivity index is 2.36.